The fourth-order valence-corrected chi connectivity index (χ4v) is 3.08. The third-order valence-corrected chi connectivity index (χ3v) is 4.15. The van der Waals surface area contributed by atoms with E-state index < -0.39 is 0 Å². The van der Waals surface area contributed by atoms with Gasteiger partial charge in [-0.25, -0.2) is 4.98 Å². The molecule has 3 nitrogen and oxygen atoms in total. The number of hydrogen-bond acceptors (Lipinski definition) is 2. The topological polar surface area (TPSA) is 29.9 Å². The van der Waals surface area contributed by atoms with Crippen LogP contribution in [0.15, 0.2) is 42.6 Å². The molecular formula is C17H17N3. The predicted octanol–water partition coefficient (Wildman–Crippen LogP) is 3.11. The highest BCUT2D eigenvalue weighted by Gasteiger charge is 2.16. The van der Waals surface area contributed by atoms with Gasteiger partial charge in [0.15, 0.2) is 0 Å². The van der Waals surface area contributed by atoms with Crippen molar-refractivity contribution >= 4 is 10.8 Å². The molecule has 100 valence electrons. The van der Waals surface area contributed by atoms with Crippen molar-refractivity contribution in [3.63, 3.8) is 0 Å². The zero-order valence-electron chi connectivity index (χ0n) is 11.6. The van der Waals surface area contributed by atoms with Crippen molar-refractivity contribution in [3.8, 4) is 11.3 Å². The van der Waals surface area contributed by atoms with Gasteiger partial charge in [-0.2, -0.15) is 0 Å². The molecule has 20 heavy (non-hydrogen) atoms. The number of rotatable bonds is 1. The number of fused-ring (bicyclic) bond motifs is 2. The van der Waals surface area contributed by atoms with Gasteiger partial charge in [0.25, 0.3) is 0 Å². The van der Waals surface area contributed by atoms with Crippen molar-refractivity contribution in [3.05, 3.63) is 54.0 Å². The van der Waals surface area contributed by atoms with Crippen LogP contribution in [-0.2, 0) is 13.1 Å². The van der Waals surface area contributed by atoms with Crippen LogP contribution in [0.4, 0.5) is 0 Å². The zero-order valence-corrected chi connectivity index (χ0v) is 11.6. The fraction of sp³-hybridized carbons (Fsp3) is 0.235. The van der Waals surface area contributed by atoms with Gasteiger partial charge < -0.3 is 9.88 Å². The van der Waals surface area contributed by atoms with E-state index in [1.165, 1.54) is 27.6 Å². The molecule has 4 rings (SSSR count). The molecule has 0 saturated heterocycles. The Bertz CT molecular complexity index is 786. The van der Waals surface area contributed by atoms with E-state index in [1.807, 2.05) is 6.20 Å². The zero-order chi connectivity index (χ0) is 13.5. The maximum atomic E-state index is 4.56. The van der Waals surface area contributed by atoms with E-state index in [0.717, 1.165) is 25.5 Å². The number of nitrogens with zero attached hydrogens (tertiary/aromatic N) is 2. The van der Waals surface area contributed by atoms with Crippen LogP contribution in [0.2, 0.25) is 0 Å². The maximum Gasteiger partial charge on any atom is 0.123 e. The van der Waals surface area contributed by atoms with Gasteiger partial charge in [-0.05, 0) is 23.3 Å². The van der Waals surface area contributed by atoms with E-state index in [9.17, 15) is 0 Å². The van der Waals surface area contributed by atoms with Crippen molar-refractivity contribution in [2.45, 2.75) is 20.0 Å². The van der Waals surface area contributed by atoms with E-state index in [1.54, 1.807) is 0 Å². The Hall–Kier alpha value is -2.13. The molecule has 0 radical (unpaired) electrons. The van der Waals surface area contributed by atoms with Crippen molar-refractivity contribution in [1.29, 1.82) is 0 Å². The number of benzene rings is 2. The van der Waals surface area contributed by atoms with Gasteiger partial charge in [-0.1, -0.05) is 36.4 Å². The first-order valence-electron chi connectivity index (χ1n) is 7.08. The Labute approximate surface area is 118 Å². The number of imidazole rings is 1. The summed E-state index contributed by atoms with van der Waals surface area (Å²) in [5.74, 6) is 1.14. The largest absolute Gasteiger partial charge is 0.326 e. The van der Waals surface area contributed by atoms with Crippen LogP contribution in [0.25, 0.3) is 22.0 Å². The lowest BCUT2D eigenvalue weighted by molar-refractivity contribution is 0.508. The van der Waals surface area contributed by atoms with Gasteiger partial charge in [0.05, 0.1) is 18.4 Å². The number of aromatic nitrogens is 2. The van der Waals surface area contributed by atoms with Crippen molar-refractivity contribution in [2.24, 2.45) is 0 Å². The molecule has 0 atom stereocenters. The molecular weight excluding hydrogens is 246 g/mol. The molecule has 0 spiro atoms. The van der Waals surface area contributed by atoms with E-state index in [0.29, 0.717) is 0 Å². The summed E-state index contributed by atoms with van der Waals surface area (Å²) in [5, 5.41) is 6.01. The molecule has 0 amide bonds. The van der Waals surface area contributed by atoms with Crippen LogP contribution >= 0.6 is 0 Å². The molecule has 0 unspecified atom stereocenters. The molecule has 2 heterocycles. The molecule has 3 aromatic rings. The third kappa shape index (κ3) is 1.67. The molecule has 0 saturated carbocycles. The summed E-state index contributed by atoms with van der Waals surface area (Å²) in [6, 6.07) is 13.1. The summed E-state index contributed by atoms with van der Waals surface area (Å²) in [5.41, 5.74) is 3.84. The van der Waals surface area contributed by atoms with Gasteiger partial charge in [0.2, 0.25) is 0 Å². The molecule has 0 aliphatic carbocycles. The minimum absolute atomic E-state index is 0.865. The van der Waals surface area contributed by atoms with Crippen LogP contribution in [0, 0.1) is 6.92 Å². The first-order valence-corrected chi connectivity index (χ1v) is 7.08. The van der Waals surface area contributed by atoms with Crippen LogP contribution in [-0.4, -0.2) is 16.1 Å². The van der Waals surface area contributed by atoms with Crippen LogP contribution in [0.3, 0.4) is 0 Å². The van der Waals surface area contributed by atoms with Gasteiger partial charge in [0.1, 0.15) is 5.82 Å². The first-order chi connectivity index (χ1) is 9.84. The Morgan fingerprint density at radius 3 is 2.85 bits per heavy atom. The first kappa shape index (κ1) is 11.7. The van der Waals surface area contributed by atoms with Crippen LogP contribution < -0.4 is 5.32 Å². The molecule has 2 aromatic carbocycles. The van der Waals surface area contributed by atoms with Gasteiger partial charge in [-0.3, -0.25) is 0 Å². The minimum Gasteiger partial charge on any atom is -0.326 e. The quantitative estimate of drug-likeness (QED) is 0.731. The predicted molar refractivity (Wildman–Crippen MR) is 81.6 cm³/mol. The highest BCUT2D eigenvalue weighted by Crippen LogP contribution is 2.31. The number of nitrogens with one attached hydrogen (secondary N) is 1. The second kappa shape index (κ2) is 4.46. The Morgan fingerprint density at radius 1 is 1.10 bits per heavy atom. The molecule has 1 aliphatic rings. The Kier molecular flexibility index (Phi) is 2.60. The number of hydrogen-bond donors (Lipinski definition) is 1. The van der Waals surface area contributed by atoms with E-state index in [2.05, 4.69) is 58.2 Å². The van der Waals surface area contributed by atoms with Crippen molar-refractivity contribution in [2.75, 3.05) is 6.54 Å². The lowest BCUT2D eigenvalue weighted by Gasteiger charge is -2.18. The summed E-state index contributed by atoms with van der Waals surface area (Å²) in [4.78, 5) is 4.56. The summed E-state index contributed by atoms with van der Waals surface area (Å²) in [6.45, 7) is 5.04. The van der Waals surface area contributed by atoms with Gasteiger partial charge in [0, 0.05) is 18.7 Å². The van der Waals surface area contributed by atoms with E-state index in [-0.39, 0.29) is 0 Å². The van der Waals surface area contributed by atoms with E-state index in [4.69, 9.17) is 0 Å². The second-order valence-corrected chi connectivity index (χ2v) is 5.36. The molecule has 1 aliphatic heterocycles. The summed E-state index contributed by atoms with van der Waals surface area (Å²) < 4.78 is 2.34. The second-order valence-electron chi connectivity index (χ2n) is 5.36. The molecule has 1 N–H and O–H groups in total. The molecule has 0 bridgehead atoms. The molecule has 3 heteroatoms. The van der Waals surface area contributed by atoms with Crippen LogP contribution in [0.1, 0.15) is 11.4 Å². The smallest absolute Gasteiger partial charge is 0.123 e. The third-order valence-electron chi connectivity index (χ3n) is 4.15. The molecule has 0 fully saturated rings. The van der Waals surface area contributed by atoms with Crippen molar-refractivity contribution in [1.82, 2.24) is 14.9 Å². The summed E-state index contributed by atoms with van der Waals surface area (Å²) in [6.07, 6.45) is 2.01. The Balaban J connectivity index is 1.99. The van der Waals surface area contributed by atoms with Gasteiger partial charge >= 0.3 is 0 Å². The fourth-order valence-electron chi connectivity index (χ4n) is 3.08. The lowest BCUT2D eigenvalue weighted by Crippen LogP contribution is -2.28. The summed E-state index contributed by atoms with van der Waals surface area (Å²) in [7, 11) is 0. The average molecular weight is 263 g/mol. The van der Waals surface area contributed by atoms with Gasteiger partial charge in [-0.15, -0.1) is 0 Å². The lowest BCUT2D eigenvalue weighted by atomic mass is 9.98. The highest BCUT2D eigenvalue weighted by atomic mass is 15.2. The average Bonchev–Trinajstić information content (AvgIpc) is 2.92. The van der Waals surface area contributed by atoms with Crippen LogP contribution in [0.5, 0.6) is 0 Å². The summed E-state index contributed by atoms with van der Waals surface area (Å²) >= 11 is 0. The molecule has 1 aromatic heterocycles. The van der Waals surface area contributed by atoms with Crippen molar-refractivity contribution < 1.29 is 0 Å². The minimum atomic E-state index is 0.865. The Morgan fingerprint density at radius 2 is 1.95 bits per heavy atom. The SMILES string of the molecule is Cc1ccc(-c2cnc3n2CCNC3)c2ccccc12. The maximum absolute atomic E-state index is 4.56. The standard InChI is InChI=1S/C17H17N3/c1-12-6-7-15(14-5-3-2-4-13(12)14)16-10-19-17-11-18-8-9-20(16)17/h2-7,10,18H,8-9,11H2,1H3. The number of aryl methyl sites for hydroxylation is 1. The monoisotopic (exact) mass is 263 g/mol. The normalized spacial score (nSPS) is 14.4. The highest BCUT2D eigenvalue weighted by molar-refractivity contribution is 5.97. The van der Waals surface area contributed by atoms with E-state index >= 15 is 0 Å².